The second-order valence-corrected chi connectivity index (χ2v) is 6.23. The predicted molar refractivity (Wildman–Crippen MR) is 52.0 cm³/mol. The van der Waals surface area contributed by atoms with E-state index in [2.05, 4.69) is 41.4 Å². The van der Waals surface area contributed by atoms with Gasteiger partial charge in [0.15, 0.2) is 0 Å². The van der Waals surface area contributed by atoms with E-state index in [4.69, 9.17) is 0 Å². The monoisotopic (exact) mass is 269 g/mol. The van der Waals surface area contributed by atoms with Gasteiger partial charge in [-0.15, -0.1) is 0 Å². The normalized spacial score (nSPS) is 11.9. The molecule has 4 heteroatoms. The maximum atomic E-state index is 10.7. The molecule has 56 valence electrons. The third-order valence-corrected chi connectivity index (χ3v) is 3.21. The van der Waals surface area contributed by atoms with Crippen molar-refractivity contribution in [3.63, 3.8) is 0 Å². The Labute approximate surface area is 76.8 Å². The minimum atomic E-state index is 0.0275. The molecule has 1 N–H and O–H groups in total. The fourth-order valence-corrected chi connectivity index (χ4v) is 1.74. The standard InChI is InChI=1S/C6H8INOS/c1-6(2,7)4-3-8-5(9)10-4/h3H,1-2H3,(H,8,9). The molecular weight excluding hydrogens is 261 g/mol. The van der Waals surface area contributed by atoms with Crippen LogP contribution in [-0.4, -0.2) is 4.98 Å². The van der Waals surface area contributed by atoms with Gasteiger partial charge in [-0.25, -0.2) is 0 Å². The number of alkyl halides is 1. The van der Waals surface area contributed by atoms with Crippen LogP contribution in [0.15, 0.2) is 11.0 Å². The van der Waals surface area contributed by atoms with Crippen molar-refractivity contribution in [3.05, 3.63) is 20.7 Å². The Bertz CT molecular complexity index is 270. The second-order valence-electron chi connectivity index (χ2n) is 2.51. The van der Waals surface area contributed by atoms with Crippen LogP contribution in [0.3, 0.4) is 0 Å². The van der Waals surface area contributed by atoms with Gasteiger partial charge in [0.25, 0.3) is 0 Å². The van der Waals surface area contributed by atoms with Crippen LogP contribution in [0.1, 0.15) is 18.7 Å². The molecule has 0 atom stereocenters. The van der Waals surface area contributed by atoms with E-state index in [1.807, 2.05) is 0 Å². The Balaban J connectivity index is 3.07. The van der Waals surface area contributed by atoms with E-state index in [-0.39, 0.29) is 8.29 Å². The van der Waals surface area contributed by atoms with Crippen molar-refractivity contribution in [2.24, 2.45) is 0 Å². The van der Waals surface area contributed by atoms with Crippen LogP contribution in [0, 0.1) is 0 Å². The number of rotatable bonds is 1. The first-order valence-electron chi connectivity index (χ1n) is 2.88. The highest BCUT2D eigenvalue weighted by Gasteiger charge is 2.17. The number of hydrogen-bond acceptors (Lipinski definition) is 2. The number of aromatic nitrogens is 1. The van der Waals surface area contributed by atoms with Crippen LogP contribution in [0.25, 0.3) is 0 Å². The van der Waals surface area contributed by atoms with Crippen LogP contribution < -0.4 is 4.87 Å². The van der Waals surface area contributed by atoms with E-state index < -0.39 is 0 Å². The molecule has 0 bridgehead atoms. The van der Waals surface area contributed by atoms with E-state index in [1.165, 1.54) is 11.3 Å². The molecule has 0 fully saturated rings. The average Bonchev–Trinajstić information content (AvgIpc) is 2.11. The van der Waals surface area contributed by atoms with E-state index in [9.17, 15) is 4.79 Å². The smallest absolute Gasteiger partial charge is 0.304 e. The highest BCUT2D eigenvalue weighted by atomic mass is 127. The second kappa shape index (κ2) is 2.65. The number of aromatic amines is 1. The van der Waals surface area contributed by atoms with Gasteiger partial charge < -0.3 is 4.98 Å². The van der Waals surface area contributed by atoms with E-state index in [0.717, 1.165) is 4.88 Å². The third-order valence-electron chi connectivity index (χ3n) is 1.11. The fourth-order valence-electron chi connectivity index (χ4n) is 0.576. The van der Waals surface area contributed by atoms with Crippen LogP contribution in [0.5, 0.6) is 0 Å². The van der Waals surface area contributed by atoms with Gasteiger partial charge in [0.1, 0.15) is 0 Å². The molecule has 0 spiro atoms. The highest BCUT2D eigenvalue weighted by molar-refractivity contribution is 14.1. The molecule has 1 aromatic heterocycles. The number of nitrogens with one attached hydrogen (secondary N) is 1. The maximum absolute atomic E-state index is 10.7. The largest absolute Gasteiger partial charge is 0.319 e. The van der Waals surface area contributed by atoms with Crippen LogP contribution in [-0.2, 0) is 3.42 Å². The van der Waals surface area contributed by atoms with Gasteiger partial charge >= 0.3 is 4.87 Å². The molecule has 0 saturated heterocycles. The van der Waals surface area contributed by atoms with Crippen molar-refractivity contribution in [1.82, 2.24) is 4.98 Å². The van der Waals surface area contributed by atoms with E-state index in [1.54, 1.807) is 6.20 Å². The summed E-state index contributed by atoms with van der Waals surface area (Å²) in [6.07, 6.45) is 1.78. The lowest BCUT2D eigenvalue weighted by atomic mass is 10.2. The summed E-state index contributed by atoms with van der Waals surface area (Å²) in [6, 6.07) is 0. The molecule has 0 saturated carbocycles. The minimum Gasteiger partial charge on any atom is -0.319 e. The molecule has 0 aliphatic rings. The van der Waals surface area contributed by atoms with Gasteiger partial charge in [-0.3, -0.25) is 4.79 Å². The third kappa shape index (κ3) is 1.82. The van der Waals surface area contributed by atoms with Crippen LogP contribution in [0.2, 0.25) is 0 Å². The van der Waals surface area contributed by atoms with Crippen molar-refractivity contribution < 1.29 is 0 Å². The first kappa shape index (κ1) is 8.26. The van der Waals surface area contributed by atoms with Crippen molar-refractivity contribution in [3.8, 4) is 0 Å². The molecule has 2 nitrogen and oxygen atoms in total. The number of H-pyrrole nitrogens is 1. The van der Waals surface area contributed by atoms with Crippen LogP contribution >= 0.6 is 33.9 Å². The van der Waals surface area contributed by atoms with Gasteiger partial charge in [-0.2, -0.15) is 0 Å². The number of thiazole rings is 1. The van der Waals surface area contributed by atoms with Gasteiger partial charge in [-0.05, 0) is 13.8 Å². The van der Waals surface area contributed by atoms with Gasteiger partial charge in [-0.1, -0.05) is 33.9 Å². The molecule has 0 aromatic carbocycles. The Kier molecular flexibility index (Phi) is 2.19. The lowest BCUT2D eigenvalue weighted by Crippen LogP contribution is -2.02. The summed E-state index contributed by atoms with van der Waals surface area (Å²) in [4.78, 5) is 14.5. The van der Waals surface area contributed by atoms with Crippen molar-refractivity contribution in [1.29, 1.82) is 0 Å². The summed E-state index contributed by atoms with van der Waals surface area (Å²) in [6.45, 7) is 4.15. The topological polar surface area (TPSA) is 32.9 Å². The maximum Gasteiger partial charge on any atom is 0.304 e. The van der Waals surface area contributed by atoms with Crippen LogP contribution in [0.4, 0.5) is 0 Å². The molecule has 1 heterocycles. The summed E-state index contributed by atoms with van der Waals surface area (Å²) in [5.41, 5.74) is 0. The zero-order chi connectivity index (χ0) is 7.78. The Morgan fingerprint density at radius 1 is 1.70 bits per heavy atom. The molecule has 0 amide bonds. The SMILES string of the molecule is CC(C)(I)c1c[nH]c(=O)s1. The van der Waals surface area contributed by atoms with E-state index >= 15 is 0 Å². The lowest BCUT2D eigenvalue weighted by Gasteiger charge is -2.11. The number of halogens is 1. The minimum absolute atomic E-state index is 0.0275. The molecule has 10 heavy (non-hydrogen) atoms. The quantitative estimate of drug-likeness (QED) is 0.614. The first-order valence-corrected chi connectivity index (χ1v) is 4.77. The Morgan fingerprint density at radius 3 is 2.50 bits per heavy atom. The van der Waals surface area contributed by atoms with Gasteiger partial charge in [0.2, 0.25) is 0 Å². The molecule has 1 aromatic rings. The fraction of sp³-hybridized carbons (Fsp3) is 0.500. The van der Waals surface area contributed by atoms with Gasteiger partial charge in [0.05, 0.1) is 3.42 Å². The molecular formula is C6H8INOS. The highest BCUT2D eigenvalue weighted by Crippen LogP contribution is 2.31. The summed E-state index contributed by atoms with van der Waals surface area (Å²) >= 11 is 3.58. The predicted octanol–water partition coefficient (Wildman–Crippen LogP) is 2.11. The van der Waals surface area contributed by atoms with Gasteiger partial charge in [0, 0.05) is 11.1 Å². The van der Waals surface area contributed by atoms with Crippen molar-refractivity contribution in [2.45, 2.75) is 17.3 Å². The van der Waals surface area contributed by atoms with Crippen molar-refractivity contribution >= 4 is 33.9 Å². The summed E-state index contributed by atoms with van der Waals surface area (Å²) in [7, 11) is 0. The summed E-state index contributed by atoms with van der Waals surface area (Å²) in [5.74, 6) is 0. The zero-order valence-electron chi connectivity index (χ0n) is 5.77. The molecule has 0 unspecified atom stereocenters. The Morgan fingerprint density at radius 2 is 2.30 bits per heavy atom. The number of hydrogen-bond donors (Lipinski definition) is 1. The zero-order valence-corrected chi connectivity index (χ0v) is 8.75. The summed E-state index contributed by atoms with van der Waals surface area (Å²) in [5, 5.41) is 0. The van der Waals surface area contributed by atoms with E-state index in [0.29, 0.717) is 0 Å². The summed E-state index contributed by atoms with van der Waals surface area (Å²) < 4.78 is 0.0710. The molecule has 0 aliphatic carbocycles. The molecule has 0 aliphatic heterocycles. The lowest BCUT2D eigenvalue weighted by molar-refractivity contribution is 0.845. The average molecular weight is 269 g/mol. The Hall–Kier alpha value is 0.160. The molecule has 0 radical (unpaired) electrons. The van der Waals surface area contributed by atoms with Crippen molar-refractivity contribution in [2.75, 3.05) is 0 Å². The first-order chi connectivity index (χ1) is 4.50. The molecule has 1 rings (SSSR count).